The fraction of sp³-hybridized carbons (Fsp3) is 0.750. The number of nitrogens with one attached hydrogen (secondary N) is 1. The maximum absolute atomic E-state index is 11.7. The van der Waals surface area contributed by atoms with Gasteiger partial charge in [0.05, 0.1) is 0 Å². The van der Waals surface area contributed by atoms with Gasteiger partial charge >= 0.3 is 0 Å². The average molecular weight is 262 g/mol. The van der Waals surface area contributed by atoms with E-state index in [2.05, 4.69) is 21.8 Å². The summed E-state index contributed by atoms with van der Waals surface area (Å²) >= 11 is 0.875. The monoisotopic (exact) mass is 262 g/mol. The minimum atomic E-state index is -3.53. The Balaban J connectivity index is 1.97. The Labute approximate surface area is 98.3 Å². The van der Waals surface area contributed by atoms with Gasteiger partial charge in [-0.15, -0.1) is 10.2 Å². The summed E-state index contributed by atoms with van der Waals surface area (Å²) in [7, 11) is -3.53. The molecule has 0 bridgehead atoms. The molecule has 6 nitrogen and oxygen atoms in total. The maximum atomic E-state index is 11.7. The number of hydrogen-bond donors (Lipinski definition) is 2. The highest BCUT2D eigenvalue weighted by molar-refractivity contribution is 7.91. The number of nitrogens with two attached hydrogens (primary N) is 1. The van der Waals surface area contributed by atoms with Crippen LogP contribution in [0.3, 0.4) is 0 Å². The standard InChI is InChI=1S/C8H14N4O2S2/c1-5(6-2-3-6)4-10-16(13,14)8-12-11-7(9)15-8/h5-6,10H,2-4H2,1H3,(H2,9,11). The van der Waals surface area contributed by atoms with Gasteiger partial charge in [0.25, 0.3) is 10.0 Å². The lowest BCUT2D eigenvalue weighted by atomic mass is 10.1. The molecule has 2 rings (SSSR count). The summed E-state index contributed by atoms with van der Waals surface area (Å²) in [4.78, 5) is 0. The van der Waals surface area contributed by atoms with Gasteiger partial charge in [-0.3, -0.25) is 0 Å². The van der Waals surface area contributed by atoms with Gasteiger partial charge in [0.2, 0.25) is 9.47 Å². The number of sulfonamides is 1. The zero-order valence-corrected chi connectivity index (χ0v) is 10.5. The van der Waals surface area contributed by atoms with E-state index in [9.17, 15) is 8.42 Å². The molecule has 1 aliphatic rings. The number of hydrogen-bond acceptors (Lipinski definition) is 6. The van der Waals surface area contributed by atoms with Crippen LogP contribution in [0.25, 0.3) is 0 Å². The molecule has 1 aliphatic carbocycles. The van der Waals surface area contributed by atoms with Crippen LogP contribution in [0.15, 0.2) is 4.34 Å². The number of aromatic nitrogens is 2. The average Bonchev–Trinajstić information content (AvgIpc) is 2.98. The van der Waals surface area contributed by atoms with Crippen molar-refractivity contribution in [2.75, 3.05) is 12.3 Å². The maximum Gasteiger partial charge on any atom is 0.269 e. The van der Waals surface area contributed by atoms with Gasteiger partial charge in [-0.1, -0.05) is 18.3 Å². The Morgan fingerprint density at radius 1 is 1.56 bits per heavy atom. The smallest absolute Gasteiger partial charge is 0.269 e. The molecule has 1 atom stereocenters. The molecule has 1 heterocycles. The van der Waals surface area contributed by atoms with E-state index in [0.29, 0.717) is 18.4 Å². The third-order valence-corrected chi connectivity index (χ3v) is 5.22. The molecule has 0 radical (unpaired) electrons. The van der Waals surface area contributed by atoms with Crippen LogP contribution in [0.4, 0.5) is 5.13 Å². The van der Waals surface area contributed by atoms with Crippen molar-refractivity contribution >= 4 is 26.5 Å². The molecular formula is C8H14N4O2S2. The Bertz CT molecular complexity index is 466. The normalized spacial score (nSPS) is 18.6. The van der Waals surface area contributed by atoms with Crippen molar-refractivity contribution < 1.29 is 8.42 Å². The van der Waals surface area contributed by atoms with Gasteiger partial charge < -0.3 is 5.73 Å². The fourth-order valence-corrected chi connectivity index (χ4v) is 3.43. The van der Waals surface area contributed by atoms with Crippen LogP contribution >= 0.6 is 11.3 Å². The highest BCUT2D eigenvalue weighted by Crippen LogP contribution is 2.36. The van der Waals surface area contributed by atoms with Crippen molar-refractivity contribution in [3.63, 3.8) is 0 Å². The Kier molecular flexibility index (Phi) is 3.13. The molecule has 0 aliphatic heterocycles. The Morgan fingerprint density at radius 3 is 2.75 bits per heavy atom. The topological polar surface area (TPSA) is 98.0 Å². The second-order valence-electron chi connectivity index (χ2n) is 4.07. The van der Waals surface area contributed by atoms with Gasteiger partial charge in [0.1, 0.15) is 0 Å². The summed E-state index contributed by atoms with van der Waals surface area (Å²) < 4.78 is 25.9. The van der Waals surface area contributed by atoms with Gasteiger partial charge in [0, 0.05) is 6.54 Å². The first-order chi connectivity index (χ1) is 7.49. The van der Waals surface area contributed by atoms with Crippen molar-refractivity contribution in [1.29, 1.82) is 0 Å². The number of nitrogen functional groups attached to an aromatic ring is 1. The van der Waals surface area contributed by atoms with E-state index in [1.54, 1.807) is 0 Å². The molecule has 0 aromatic carbocycles. The highest BCUT2D eigenvalue weighted by Gasteiger charge is 2.29. The SMILES string of the molecule is CC(CNS(=O)(=O)c1nnc(N)s1)C1CC1. The molecule has 3 N–H and O–H groups in total. The number of nitrogens with zero attached hydrogens (tertiary/aromatic N) is 2. The summed E-state index contributed by atoms with van der Waals surface area (Å²) in [6.45, 7) is 2.50. The van der Waals surface area contributed by atoms with Crippen molar-refractivity contribution in [1.82, 2.24) is 14.9 Å². The molecule has 0 spiro atoms. The van der Waals surface area contributed by atoms with E-state index >= 15 is 0 Å². The van der Waals surface area contributed by atoms with Crippen LogP contribution in [0.1, 0.15) is 19.8 Å². The predicted molar refractivity (Wildman–Crippen MR) is 61.4 cm³/mol. The van der Waals surface area contributed by atoms with E-state index in [0.717, 1.165) is 11.3 Å². The van der Waals surface area contributed by atoms with E-state index in [-0.39, 0.29) is 9.47 Å². The molecule has 1 fully saturated rings. The molecule has 16 heavy (non-hydrogen) atoms. The fourth-order valence-electron chi connectivity index (χ4n) is 1.46. The summed E-state index contributed by atoms with van der Waals surface area (Å²) in [6.07, 6.45) is 2.41. The Hall–Kier alpha value is -0.730. The van der Waals surface area contributed by atoms with E-state index < -0.39 is 10.0 Å². The zero-order chi connectivity index (χ0) is 11.8. The van der Waals surface area contributed by atoms with Crippen LogP contribution in [-0.4, -0.2) is 25.2 Å². The summed E-state index contributed by atoms with van der Waals surface area (Å²) in [5.74, 6) is 1.04. The van der Waals surface area contributed by atoms with E-state index in [4.69, 9.17) is 5.73 Å². The van der Waals surface area contributed by atoms with Crippen LogP contribution in [0.2, 0.25) is 0 Å². The van der Waals surface area contributed by atoms with Crippen molar-refractivity contribution in [2.24, 2.45) is 11.8 Å². The quantitative estimate of drug-likeness (QED) is 0.802. The minimum absolute atomic E-state index is 0.0620. The van der Waals surface area contributed by atoms with Crippen molar-refractivity contribution in [3.8, 4) is 0 Å². The third-order valence-electron chi connectivity index (χ3n) is 2.67. The lowest BCUT2D eigenvalue weighted by Gasteiger charge is -2.09. The Morgan fingerprint density at radius 2 is 2.25 bits per heavy atom. The lowest BCUT2D eigenvalue weighted by Crippen LogP contribution is -2.29. The van der Waals surface area contributed by atoms with Crippen LogP contribution < -0.4 is 10.5 Å². The second kappa shape index (κ2) is 4.27. The van der Waals surface area contributed by atoms with E-state index in [1.807, 2.05) is 0 Å². The molecule has 90 valence electrons. The first kappa shape index (κ1) is 11.7. The highest BCUT2D eigenvalue weighted by atomic mass is 32.2. The first-order valence-electron chi connectivity index (χ1n) is 5.07. The lowest BCUT2D eigenvalue weighted by molar-refractivity contribution is 0.491. The van der Waals surface area contributed by atoms with Gasteiger partial charge in [-0.25, -0.2) is 13.1 Å². The van der Waals surface area contributed by atoms with Crippen LogP contribution in [0, 0.1) is 11.8 Å². The summed E-state index contributed by atoms with van der Waals surface area (Å²) in [5, 5.41) is 7.17. The molecular weight excluding hydrogens is 248 g/mol. The molecule has 1 unspecified atom stereocenters. The molecule has 1 aromatic rings. The molecule has 1 aromatic heterocycles. The molecule has 0 saturated heterocycles. The molecule has 8 heteroatoms. The second-order valence-corrected chi connectivity index (χ2v) is 7.02. The van der Waals surface area contributed by atoms with Crippen LogP contribution in [0.5, 0.6) is 0 Å². The number of anilines is 1. The van der Waals surface area contributed by atoms with Crippen molar-refractivity contribution in [3.05, 3.63) is 0 Å². The first-order valence-corrected chi connectivity index (χ1v) is 7.37. The zero-order valence-electron chi connectivity index (χ0n) is 8.88. The van der Waals surface area contributed by atoms with Gasteiger partial charge in [0.15, 0.2) is 0 Å². The van der Waals surface area contributed by atoms with E-state index in [1.165, 1.54) is 12.8 Å². The third kappa shape index (κ3) is 2.69. The molecule has 0 amide bonds. The minimum Gasteiger partial charge on any atom is -0.374 e. The molecule has 1 saturated carbocycles. The summed E-state index contributed by atoms with van der Waals surface area (Å²) in [6, 6.07) is 0. The van der Waals surface area contributed by atoms with Gasteiger partial charge in [-0.2, -0.15) is 0 Å². The van der Waals surface area contributed by atoms with Crippen molar-refractivity contribution in [2.45, 2.75) is 24.1 Å². The number of rotatable bonds is 5. The largest absolute Gasteiger partial charge is 0.374 e. The predicted octanol–water partition coefficient (Wildman–Crippen LogP) is 0.445. The van der Waals surface area contributed by atoms with Gasteiger partial charge in [-0.05, 0) is 24.7 Å². The van der Waals surface area contributed by atoms with Crippen LogP contribution in [-0.2, 0) is 10.0 Å². The summed E-state index contributed by atoms with van der Waals surface area (Å²) in [5.41, 5.74) is 5.34.